The summed E-state index contributed by atoms with van der Waals surface area (Å²) in [7, 11) is 0. The first kappa shape index (κ1) is 15.0. The summed E-state index contributed by atoms with van der Waals surface area (Å²) in [4.78, 5) is 0. The topological polar surface area (TPSA) is 13.1 Å². The van der Waals surface area contributed by atoms with Gasteiger partial charge in [-0.1, -0.05) is 72.3 Å². The van der Waals surface area contributed by atoms with Crippen LogP contribution in [0.1, 0.15) is 11.1 Å². The van der Waals surface area contributed by atoms with Gasteiger partial charge >= 0.3 is 0 Å². The smallest absolute Gasteiger partial charge is 0.143 e. The van der Waals surface area contributed by atoms with Crippen molar-refractivity contribution in [2.24, 2.45) is 0 Å². The van der Waals surface area contributed by atoms with Gasteiger partial charge in [-0.05, 0) is 36.6 Å². The first-order chi connectivity index (χ1) is 11.7. The molecule has 0 bridgehead atoms. The molecule has 0 saturated heterocycles. The molecule has 0 saturated carbocycles. The van der Waals surface area contributed by atoms with Crippen molar-refractivity contribution in [3.63, 3.8) is 0 Å². The average molecular weight is 333 g/mol. The third-order valence-corrected chi connectivity index (χ3v) is 5.01. The van der Waals surface area contributed by atoms with E-state index in [0.717, 1.165) is 49.6 Å². The van der Waals surface area contributed by atoms with Crippen molar-refractivity contribution < 1.29 is 4.42 Å². The molecule has 0 fully saturated rings. The van der Waals surface area contributed by atoms with Gasteiger partial charge in [0.15, 0.2) is 0 Å². The van der Waals surface area contributed by atoms with E-state index in [0.29, 0.717) is 0 Å². The fourth-order valence-corrected chi connectivity index (χ4v) is 3.41. The molecule has 0 unspecified atom stereocenters. The standard InChI is InChI=1S/C22H17ClO/c1-14-13-18-19(15(2)21(14)23)20(16-9-5-3-6-10-16)22(24-18)17-11-7-4-8-12-17/h3-13H,1-2H3. The van der Waals surface area contributed by atoms with Gasteiger partial charge in [-0.2, -0.15) is 0 Å². The van der Waals surface area contributed by atoms with E-state index in [1.807, 2.05) is 49.4 Å². The Morgan fingerprint density at radius 2 is 1.38 bits per heavy atom. The lowest BCUT2D eigenvalue weighted by molar-refractivity contribution is 0.632. The molecule has 4 aromatic rings. The predicted octanol–water partition coefficient (Wildman–Crippen LogP) is 7.04. The second-order valence-electron chi connectivity index (χ2n) is 6.04. The van der Waals surface area contributed by atoms with Crippen molar-refractivity contribution >= 4 is 22.6 Å². The summed E-state index contributed by atoms with van der Waals surface area (Å²) in [6.45, 7) is 4.08. The van der Waals surface area contributed by atoms with E-state index in [1.54, 1.807) is 0 Å². The summed E-state index contributed by atoms with van der Waals surface area (Å²) >= 11 is 6.53. The van der Waals surface area contributed by atoms with E-state index in [1.165, 1.54) is 0 Å². The minimum Gasteiger partial charge on any atom is -0.455 e. The van der Waals surface area contributed by atoms with Crippen LogP contribution >= 0.6 is 11.6 Å². The van der Waals surface area contributed by atoms with E-state index >= 15 is 0 Å². The van der Waals surface area contributed by atoms with Crippen LogP contribution in [-0.4, -0.2) is 0 Å². The van der Waals surface area contributed by atoms with Crippen LogP contribution in [-0.2, 0) is 0 Å². The Labute approximate surface area is 146 Å². The lowest BCUT2D eigenvalue weighted by atomic mass is 9.95. The van der Waals surface area contributed by atoms with Crippen molar-refractivity contribution in [2.45, 2.75) is 13.8 Å². The molecule has 0 aliphatic rings. The normalized spacial score (nSPS) is 11.1. The van der Waals surface area contributed by atoms with Crippen molar-refractivity contribution in [2.75, 3.05) is 0 Å². The van der Waals surface area contributed by atoms with Gasteiger partial charge < -0.3 is 4.42 Å². The highest BCUT2D eigenvalue weighted by molar-refractivity contribution is 6.33. The third kappa shape index (κ3) is 2.33. The van der Waals surface area contributed by atoms with Crippen LogP contribution in [0.3, 0.4) is 0 Å². The number of benzene rings is 3. The quantitative estimate of drug-likeness (QED) is 0.383. The van der Waals surface area contributed by atoms with Gasteiger partial charge in [-0.25, -0.2) is 0 Å². The number of rotatable bonds is 2. The Morgan fingerprint density at radius 3 is 2.00 bits per heavy atom. The zero-order chi connectivity index (χ0) is 16.7. The summed E-state index contributed by atoms with van der Waals surface area (Å²) in [6, 6.07) is 22.6. The Morgan fingerprint density at radius 1 is 0.792 bits per heavy atom. The summed E-state index contributed by atoms with van der Waals surface area (Å²) < 4.78 is 6.30. The van der Waals surface area contributed by atoms with E-state index in [2.05, 4.69) is 31.2 Å². The number of furan rings is 1. The molecule has 3 aromatic carbocycles. The Hall–Kier alpha value is -2.51. The number of hydrogen-bond acceptors (Lipinski definition) is 1. The van der Waals surface area contributed by atoms with Crippen LogP contribution in [0.25, 0.3) is 33.4 Å². The summed E-state index contributed by atoms with van der Waals surface area (Å²) in [5, 5.41) is 1.90. The average Bonchev–Trinajstić information content (AvgIpc) is 3.00. The number of halogens is 1. The first-order valence-corrected chi connectivity index (χ1v) is 8.37. The second-order valence-corrected chi connectivity index (χ2v) is 6.42. The monoisotopic (exact) mass is 332 g/mol. The van der Waals surface area contributed by atoms with Crippen molar-refractivity contribution in [3.05, 3.63) is 82.9 Å². The van der Waals surface area contributed by atoms with Crippen LogP contribution in [0.4, 0.5) is 0 Å². The maximum atomic E-state index is 6.53. The minimum absolute atomic E-state index is 0.806. The second kappa shape index (κ2) is 5.85. The van der Waals surface area contributed by atoms with Crippen LogP contribution in [0, 0.1) is 13.8 Å². The van der Waals surface area contributed by atoms with Gasteiger partial charge in [0.2, 0.25) is 0 Å². The zero-order valence-corrected chi connectivity index (χ0v) is 14.4. The van der Waals surface area contributed by atoms with Crippen molar-refractivity contribution in [1.29, 1.82) is 0 Å². The Bertz CT molecular complexity index is 1010. The molecule has 0 N–H and O–H groups in total. The maximum Gasteiger partial charge on any atom is 0.143 e. The highest BCUT2D eigenvalue weighted by Gasteiger charge is 2.21. The van der Waals surface area contributed by atoms with Gasteiger partial charge in [0.1, 0.15) is 11.3 Å². The number of hydrogen-bond donors (Lipinski definition) is 0. The summed E-state index contributed by atoms with van der Waals surface area (Å²) in [6.07, 6.45) is 0. The molecule has 1 nitrogen and oxygen atoms in total. The maximum absolute atomic E-state index is 6.53. The van der Waals surface area contributed by atoms with E-state index in [9.17, 15) is 0 Å². The Kier molecular flexibility index (Phi) is 3.66. The van der Waals surface area contributed by atoms with E-state index in [-0.39, 0.29) is 0 Å². The van der Waals surface area contributed by atoms with Crippen LogP contribution in [0.15, 0.2) is 71.1 Å². The summed E-state index contributed by atoms with van der Waals surface area (Å²) in [5.41, 5.74) is 6.30. The largest absolute Gasteiger partial charge is 0.455 e. The van der Waals surface area contributed by atoms with Gasteiger partial charge in [0, 0.05) is 21.5 Å². The van der Waals surface area contributed by atoms with Crippen molar-refractivity contribution in [1.82, 2.24) is 0 Å². The molecule has 0 spiro atoms. The molecule has 0 radical (unpaired) electrons. The molecule has 0 aliphatic carbocycles. The van der Waals surface area contributed by atoms with E-state index in [4.69, 9.17) is 16.0 Å². The fraction of sp³-hybridized carbons (Fsp3) is 0.0909. The molecule has 0 aliphatic heterocycles. The molecule has 0 amide bonds. The molecule has 24 heavy (non-hydrogen) atoms. The van der Waals surface area contributed by atoms with Gasteiger partial charge in [-0.3, -0.25) is 0 Å². The van der Waals surface area contributed by atoms with Crippen LogP contribution in [0.2, 0.25) is 5.02 Å². The predicted molar refractivity (Wildman–Crippen MR) is 102 cm³/mol. The molecule has 1 heterocycles. The fourth-order valence-electron chi connectivity index (χ4n) is 3.26. The highest BCUT2D eigenvalue weighted by atomic mass is 35.5. The molecular formula is C22H17ClO. The molecule has 2 heteroatoms. The third-order valence-electron chi connectivity index (χ3n) is 4.43. The van der Waals surface area contributed by atoms with E-state index < -0.39 is 0 Å². The van der Waals surface area contributed by atoms with Gasteiger partial charge in [-0.15, -0.1) is 0 Å². The molecule has 4 rings (SSSR count). The number of fused-ring (bicyclic) bond motifs is 1. The van der Waals surface area contributed by atoms with Gasteiger partial charge in [0.25, 0.3) is 0 Å². The summed E-state index contributed by atoms with van der Waals surface area (Å²) in [5.74, 6) is 0.890. The molecule has 118 valence electrons. The lowest BCUT2D eigenvalue weighted by Crippen LogP contribution is -1.85. The van der Waals surface area contributed by atoms with Crippen LogP contribution < -0.4 is 0 Å². The molecule has 0 atom stereocenters. The van der Waals surface area contributed by atoms with Gasteiger partial charge in [0.05, 0.1) is 0 Å². The molecular weight excluding hydrogens is 316 g/mol. The number of aryl methyl sites for hydroxylation is 2. The lowest BCUT2D eigenvalue weighted by Gasteiger charge is -2.07. The SMILES string of the molecule is Cc1cc2oc(-c3ccccc3)c(-c3ccccc3)c2c(C)c1Cl. The highest BCUT2D eigenvalue weighted by Crippen LogP contribution is 2.44. The Balaban J connectivity index is 2.15. The van der Waals surface area contributed by atoms with Crippen molar-refractivity contribution in [3.8, 4) is 22.5 Å². The first-order valence-electron chi connectivity index (χ1n) is 8.00. The minimum atomic E-state index is 0.806. The molecule has 1 aromatic heterocycles. The zero-order valence-electron chi connectivity index (χ0n) is 13.6. The van der Waals surface area contributed by atoms with Crippen LogP contribution in [0.5, 0.6) is 0 Å².